The van der Waals surface area contributed by atoms with Crippen molar-refractivity contribution < 1.29 is 9.90 Å². The lowest BCUT2D eigenvalue weighted by Crippen LogP contribution is -2.11. The van der Waals surface area contributed by atoms with Gasteiger partial charge in [0.15, 0.2) is 0 Å². The van der Waals surface area contributed by atoms with Gasteiger partial charge in [0, 0.05) is 16.8 Å². The van der Waals surface area contributed by atoms with Crippen molar-refractivity contribution in [3.8, 4) is 17.1 Å². The third-order valence-corrected chi connectivity index (χ3v) is 6.12. The van der Waals surface area contributed by atoms with Crippen LogP contribution in [-0.2, 0) is 12.8 Å². The zero-order chi connectivity index (χ0) is 24.0. The van der Waals surface area contributed by atoms with Crippen molar-refractivity contribution in [2.75, 3.05) is 5.32 Å². The summed E-state index contributed by atoms with van der Waals surface area (Å²) in [5, 5.41) is 12.3. The number of H-pyrrole nitrogens is 1. The maximum atomic E-state index is 12.6. The SMILES string of the molecule is O=C(Nc1ccccc1)c1ccc2nc(-c3ccc(CCCCc4ccc(O)cc4)cc3)[nH]c2c1. The Hall–Kier alpha value is -4.38. The Morgan fingerprint density at radius 1 is 0.800 bits per heavy atom. The molecule has 1 heterocycles. The predicted molar refractivity (Wildman–Crippen MR) is 141 cm³/mol. The molecule has 1 aromatic heterocycles. The number of imidazole rings is 1. The molecule has 0 aliphatic carbocycles. The molecule has 174 valence electrons. The molecular formula is C30H27N3O2. The average Bonchev–Trinajstić information content (AvgIpc) is 3.32. The van der Waals surface area contributed by atoms with Crippen LogP contribution in [0.1, 0.15) is 34.3 Å². The van der Waals surface area contributed by atoms with Crippen molar-refractivity contribution in [1.29, 1.82) is 0 Å². The number of aromatic hydroxyl groups is 1. The Kier molecular flexibility index (Phi) is 6.57. The molecule has 0 saturated heterocycles. The molecule has 5 rings (SSSR count). The molecule has 1 amide bonds. The summed E-state index contributed by atoms with van der Waals surface area (Å²) in [6.45, 7) is 0. The Labute approximate surface area is 204 Å². The summed E-state index contributed by atoms with van der Waals surface area (Å²) >= 11 is 0. The highest BCUT2D eigenvalue weighted by atomic mass is 16.3. The van der Waals surface area contributed by atoms with E-state index in [2.05, 4.69) is 34.6 Å². The summed E-state index contributed by atoms with van der Waals surface area (Å²) in [7, 11) is 0. The van der Waals surface area contributed by atoms with Crippen molar-refractivity contribution in [3.05, 3.63) is 114 Å². The fourth-order valence-electron chi connectivity index (χ4n) is 4.16. The number of nitrogens with one attached hydrogen (secondary N) is 2. The first-order valence-electron chi connectivity index (χ1n) is 11.9. The monoisotopic (exact) mass is 461 g/mol. The standard InChI is InChI=1S/C30H27N3O2/c34-26-17-12-22(13-18-26)7-5-4-6-21-10-14-23(15-11-21)29-32-27-19-16-24(20-28(27)33-29)30(35)31-25-8-2-1-3-9-25/h1-3,8-20,34H,4-7H2,(H,31,35)(H,32,33). The van der Waals surface area contributed by atoms with Crippen molar-refractivity contribution in [1.82, 2.24) is 9.97 Å². The number of aryl methyl sites for hydroxylation is 2. The Morgan fingerprint density at radius 2 is 1.46 bits per heavy atom. The quantitative estimate of drug-likeness (QED) is 0.224. The number of anilines is 1. The van der Waals surface area contributed by atoms with E-state index in [0.29, 0.717) is 11.3 Å². The predicted octanol–water partition coefficient (Wildman–Crippen LogP) is 6.75. The Morgan fingerprint density at radius 3 is 2.14 bits per heavy atom. The average molecular weight is 462 g/mol. The molecule has 5 heteroatoms. The second kappa shape index (κ2) is 10.3. The van der Waals surface area contributed by atoms with E-state index in [4.69, 9.17) is 4.98 Å². The molecule has 4 aromatic carbocycles. The highest BCUT2D eigenvalue weighted by Gasteiger charge is 2.10. The summed E-state index contributed by atoms with van der Waals surface area (Å²) in [6, 6.07) is 30.9. The largest absolute Gasteiger partial charge is 0.508 e. The number of carbonyl (C=O) groups excluding carboxylic acids is 1. The van der Waals surface area contributed by atoms with Crippen molar-refractivity contribution >= 4 is 22.6 Å². The summed E-state index contributed by atoms with van der Waals surface area (Å²) in [4.78, 5) is 20.7. The van der Waals surface area contributed by atoms with Gasteiger partial charge >= 0.3 is 0 Å². The van der Waals surface area contributed by atoms with Gasteiger partial charge in [-0.15, -0.1) is 0 Å². The fraction of sp³-hybridized carbons (Fsp3) is 0.133. The van der Waals surface area contributed by atoms with Gasteiger partial charge in [-0.05, 0) is 79.3 Å². The zero-order valence-corrected chi connectivity index (χ0v) is 19.4. The van der Waals surface area contributed by atoms with Gasteiger partial charge in [0.1, 0.15) is 11.6 Å². The molecule has 5 aromatic rings. The van der Waals surface area contributed by atoms with Crippen molar-refractivity contribution in [2.45, 2.75) is 25.7 Å². The number of nitrogens with zero attached hydrogens (tertiary/aromatic N) is 1. The third kappa shape index (κ3) is 5.58. The number of hydrogen-bond donors (Lipinski definition) is 3. The maximum absolute atomic E-state index is 12.6. The van der Waals surface area contributed by atoms with Crippen LogP contribution in [0, 0.1) is 0 Å². The number of unbranched alkanes of at least 4 members (excludes halogenated alkanes) is 1. The second-order valence-electron chi connectivity index (χ2n) is 8.71. The van der Waals surface area contributed by atoms with E-state index in [0.717, 1.165) is 53.8 Å². The lowest BCUT2D eigenvalue weighted by atomic mass is 10.0. The van der Waals surface area contributed by atoms with E-state index in [-0.39, 0.29) is 5.91 Å². The number of phenols is 1. The van der Waals surface area contributed by atoms with Gasteiger partial charge in [0.25, 0.3) is 5.91 Å². The summed E-state index contributed by atoms with van der Waals surface area (Å²) < 4.78 is 0. The van der Waals surface area contributed by atoms with Crippen LogP contribution in [0.3, 0.4) is 0 Å². The number of phenolic OH excluding ortho intramolecular Hbond substituents is 1. The first kappa shape index (κ1) is 22.4. The van der Waals surface area contributed by atoms with E-state index < -0.39 is 0 Å². The highest BCUT2D eigenvalue weighted by molar-refractivity contribution is 6.06. The van der Waals surface area contributed by atoms with E-state index in [9.17, 15) is 9.90 Å². The number of hydrogen-bond acceptors (Lipinski definition) is 3. The molecule has 3 N–H and O–H groups in total. The molecule has 0 aliphatic rings. The van der Waals surface area contributed by atoms with E-state index >= 15 is 0 Å². The van der Waals surface area contributed by atoms with E-state index in [1.54, 1.807) is 18.2 Å². The summed E-state index contributed by atoms with van der Waals surface area (Å²) in [5.74, 6) is 0.954. The smallest absolute Gasteiger partial charge is 0.255 e. The fourth-order valence-corrected chi connectivity index (χ4v) is 4.16. The lowest BCUT2D eigenvalue weighted by molar-refractivity contribution is 0.102. The Bertz CT molecular complexity index is 1420. The van der Waals surface area contributed by atoms with Crippen molar-refractivity contribution in [3.63, 3.8) is 0 Å². The molecule has 0 atom stereocenters. The number of aromatic nitrogens is 2. The first-order valence-corrected chi connectivity index (χ1v) is 11.9. The molecular weight excluding hydrogens is 434 g/mol. The van der Waals surface area contributed by atoms with Crippen LogP contribution in [0.2, 0.25) is 0 Å². The van der Waals surface area contributed by atoms with Crippen LogP contribution in [0.4, 0.5) is 5.69 Å². The van der Waals surface area contributed by atoms with Crippen molar-refractivity contribution in [2.24, 2.45) is 0 Å². The van der Waals surface area contributed by atoms with E-state index in [1.165, 1.54) is 11.1 Å². The molecule has 0 fully saturated rings. The minimum Gasteiger partial charge on any atom is -0.508 e. The van der Waals surface area contributed by atoms with Gasteiger partial charge in [-0.2, -0.15) is 0 Å². The number of amides is 1. The zero-order valence-electron chi connectivity index (χ0n) is 19.4. The molecule has 0 spiro atoms. The van der Waals surface area contributed by atoms with Crippen LogP contribution in [-0.4, -0.2) is 21.0 Å². The summed E-state index contributed by atoms with van der Waals surface area (Å²) in [5.41, 5.74) is 6.58. The van der Waals surface area contributed by atoms with Gasteiger partial charge in [0.2, 0.25) is 0 Å². The number of aromatic amines is 1. The van der Waals surface area contributed by atoms with Crippen LogP contribution in [0.25, 0.3) is 22.4 Å². The first-order chi connectivity index (χ1) is 17.1. The van der Waals surface area contributed by atoms with Crippen LogP contribution >= 0.6 is 0 Å². The third-order valence-electron chi connectivity index (χ3n) is 6.12. The number of carbonyl (C=O) groups is 1. The van der Waals surface area contributed by atoms with Crippen LogP contribution < -0.4 is 5.32 Å². The van der Waals surface area contributed by atoms with Gasteiger partial charge in [-0.25, -0.2) is 4.98 Å². The lowest BCUT2D eigenvalue weighted by Gasteiger charge is -2.04. The number of fused-ring (bicyclic) bond motifs is 1. The molecule has 35 heavy (non-hydrogen) atoms. The molecule has 0 unspecified atom stereocenters. The number of rotatable bonds is 8. The molecule has 0 saturated carbocycles. The van der Waals surface area contributed by atoms with Gasteiger partial charge < -0.3 is 15.4 Å². The van der Waals surface area contributed by atoms with Crippen LogP contribution in [0.5, 0.6) is 5.75 Å². The minimum atomic E-state index is -0.149. The number of benzene rings is 4. The number of para-hydroxylation sites is 1. The molecule has 0 aliphatic heterocycles. The normalized spacial score (nSPS) is 11.0. The van der Waals surface area contributed by atoms with Gasteiger partial charge in [0.05, 0.1) is 11.0 Å². The highest BCUT2D eigenvalue weighted by Crippen LogP contribution is 2.23. The summed E-state index contributed by atoms with van der Waals surface area (Å²) in [6.07, 6.45) is 4.26. The Balaban J connectivity index is 1.20. The molecule has 0 bridgehead atoms. The minimum absolute atomic E-state index is 0.149. The second-order valence-corrected chi connectivity index (χ2v) is 8.71. The maximum Gasteiger partial charge on any atom is 0.255 e. The van der Waals surface area contributed by atoms with Gasteiger partial charge in [-0.1, -0.05) is 54.6 Å². The molecule has 5 nitrogen and oxygen atoms in total. The van der Waals surface area contributed by atoms with Gasteiger partial charge in [-0.3, -0.25) is 4.79 Å². The molecule has 0 radical (unpaired) electrons. The van der Waals surface area contributed by atoms with Crippen LogP contribution in [0.15, 0.2) is 97.1 Å². The van der Waals surface area contributed by atoms with E-state index in [1.807, 2.05) is 54.6 Å². The topological polar surface area (TPSA) is 78.0 Å².